The summed E-state index contributed by atoms with van der Waals surface area (Å²) in [6.07, 6.45) is 4.94. The van der Waals surface area contributed by atoms with E-state index in [9.17, 15) is 8.42 Å². The average Bonchev–Trinajstić information content (AvgIpc) is 3.10. The number of hydrogen-bond acceptors (Lipinski definition) is 5. The molecular formula is C15H13N5O2S. The Morgan fingerprint density at radius 1 is 1.22 bits per heavy atom. The molecule has 2 aromatic heterocycles. The van der Waals surface area contributed by atoms with Crippen LogP contribution in [0.2, 0.25) is 0 Å². The van der Waals surface area contributed by atoms with Gasteiger partial charge in [-0.25, -0.2) is 18.1 Å². The SMILES string of the molecule is N#Cc1ccc(CCNS(=O)(=O)c2ncc[nH]2)c2ncccc12. The third kappa shape index (κ3) is 3.06. The first-order chi connectivity index (χ1) is 11.1. The Kier molecular flexibility index (Phi) is 4.06. The van der Waals surface area contributed by atoms with E-state index in [0.29, 0.717) is 17.5 Å². The zero-order chi connectivity index (χ0) is 16.3. The van der Waals surface area contributed by atoms with Gasteiger partial charge in [-0.2, -0.15) is 5.26 Å². The van der Waals surface area contributed by atoms with E-state index in [4.69, 9.17) is 5.26 Å². The number of H-pyrrole nitrogens is 1. The molecule has 0 fully saturated rings. The van der Waals surface area contributed by atoms with Crippen molar-refractivity contribution in [2.24, 2.45) is 0 Å². The Labute approximate surface area is 133 Å². The van der Waals surface area contributed by atoms with Gasteiger partial charge in [-0.3, -0.25) is 4.98 Å². The van der Waals surface area contributed by atoms with E-state index in [-0.39, 0.29) is 11.7 Å². The number of nitrogens with one attached hydrogen (secondary N) is 2. The zero-order valence-electron chi connectivity index (χ0n) is 12.0. The molecule has 0 unspecified atom stereocenters. The summed E-state index contributed by atoms with van der Waals surface area (Å²) in [6, 6.07) is 9.26. The lowest BCUT2D eigenvalue weighted by Crippen LogP contribution is -2.27. The zero-order valence-corrected chi connectivity index (χ0v) is 12.8. The molecule has 0 atom stereocenters. The molecule has 0 aliphatic rings. The van der Waals surface area contributed by atoms with Gasteiger partial charge in [0, 0.05) is 30.5 Å². The van der Waals surface area contributed by atoms with Gasteiger partial charge >= 0.3 is 0 Å². The third-order valence-corrected chi connectivity index (χ3v) is 4.70. The predicted octanol–water partition coefficient (Wildman–Crippen LogP) is 1.35. The number of nitriles is 1. The lowest BCUT2D eigenvalue weighted by atomic mass is 10.0. The molecule has 0 amide bonds. The molecule has 23 heavy (non-hydrogen) atoms. The summed E-state index contributed by atoms with van der Waals surface area (Å²) >= 11 is 0. The minimum Gasteiger partial charge on any atom is -0.334 e. The first-order valence-corrected chi connectivity index (χ1v) is 8.36. The minimum absolute atomic E-state index is 0.111. The number of rotatable bonds is 5. The number of pyridine rings is 1. The standard InChI is InChI=1S/C15H13N5O2S/c16-10-12-4-3-11(14-13(12)2-1-6-17-14)5-7-20-23(21,22)15-18-8-9-19-15/h1-4,6,8-9,20H,5,7H2,(H,18,19). The summed E-state index contributed by atoms with van der Waals surface area (Å²) in [5, 5.41) is 9.79. The predicted molar refractivity (Wildman–Crippen MR) is 83.9 cm³/mol. The van der Waals surface area contributed by atoms with Gasteiger partial charge in [-0.05, 0) is 30.2 Å². The minimum atomic E-state index is -3.64. The average molecular weight is 327 g/mol. The fourth-order valence-corrected chi connectivity index (χ4v) is 3.25. The quantitative estimate of drug-likeness (QED) is 0.734. The van der Waals surface area contributed by atoms with Gasteiger partial charge < -0.3 is 4.98 Å². The van der Waals surface area contributed by atoms with Crippen molar-refractivity contribution < 1.29 is 8.42 Å². The van der Waals surface area contributed by atoms with Crippen LogP contribution in [0.5, 0.6) is 0 Å². The van der Waals surface area contributed by atoms with Crippen molar-refractivity contribution in [3.63, 3.8) is 0 Å². The van der Waals surface area contributed by atoms with Crippen molar-refractivity contribution in [1.29, 1.82) is 5.26 Å². The molecule has 0 bridgehead atoms. The van der Waals surface area contributed by atoms with Gasteiger partial charge in [-0.1, -0.05) is 6.07 Å². The van der Waals surface area contributed by atoms with E-state index in [1.54, 1.807) is 24.4 Å². The number of sulfonamides is 1. The Bertz CT molecular complexity index is 975. The molecule has 7 nitrogen and oxygen atoms in total. The topological polar surface area (TPSA) is 112 Å². The lowest BCUT2D eigenvalue weighted by molar-refractivity contribution is 0.574. The summed E-state index contributed by atoms with van der Waals surface area (Å²) in [6.45, 7) is 0.209. The first-order valence-electron chi connectivity index (χ1n) is 6.87. The van der Waals surface area contributed by atoms with Gasteiger partial charge in [0.1, 0.15) is 0 Å². The van der Waals surface area contributed by atoms with Crippen LogP contribution in [0.25, 0.3) is 10.9 Å². The lowest BCUT2D eigenvalue weighted by Gasteiger charge is -2.08. The van der Waals surface area contributed by atoms with Crippen molar-refractivity contribution >= 4 is 20.9 Å². The van der Waals surface area contributed by atoms with E-state index in [1.807, 2.05) is 6.07 Å². The molecule has 1 aromatic carbocycles. The van der Waals surface area contributed by atoms with Crippen LogP contribution in [-0.2, 0) is 16.4 Å². The molecule has 2 N–H and O–H groups in total. The molecule has 0 spiro atoms. The van der Waals surface area contributed by atoms with Crippen molar-refractivity contribution in [3.8, 4) is 6.07 Å². The van der Waals surface area contributed by atoms with Crippen LogP contribution in [0.15, 0.2) is 48.0 Å². The first kappa shape index (κ1) is 15.1. The summed E-state index contributed by atoms with van der Waals surface area (Å²) in [4.78, 5) is 10.6. The molecule has 3 aromatic rings. The van der Waals surface area contributed by atoms with Crippen LogP contribution in [0, 0.1) is 11.3 Å². The third-order valence-electron chi connectivity index (χ3n) is 3.39. The van der Waals surface area contributed by atoms with Crippen LogP contribution in [0.4, 0.5) is 0 Å². The van der Waals surface area contributed by atoms with Crippen LogP contribution >= 0.6 is 0 Å². The fourth-order valence-electron chi connectivity index (χ4n) is 2.32. The molecule has 2 heterocycles. The maximum atomic E-state index is 12.0. The second kappa shape index (κ2) is 6.16. The number of aromatic nitrogens is 3. The molecule has 0 aliphatic carbocycles. The molecular weight excluding hydrogens is 314 g/mol. The normalized spacial score (nSPS) is 11.4. The molecule has 0 aliphatic heterocycles. The monoisotopic (exact) mass is 327 g/mol. The van der Waals surface area contributed by atoms with Gasteiger partial charge in [0.05, 0.1) is 17.1 Å². The van der Waals surface area contributed by atoms with Gasteiger partial charge in [-0.15, -0.1) is 0 Å². The van der Waals surface area contributed by atoms with E-state index in [2.05, 4.69) is 25.7 Å². The second-order valence-electron chi connectivity index (χ2n) is 4.83. The number of imidazole rings is 1. The summed E-state index contributed by atoms with van der Waals surface area (Å²) in [5.41, 5.74) is 2.14. The highest BCUT2D eigenvalue weighted by molar-refractivity contribution is 7.89. The Morgan fingerprint density at radius 3 is 2.83 bits per heavy atom. The van der Waals surface area contributed by atoms with E-state index in [0.717, 1.165) is 10.9 Å². The Hall–Kier alpha value is -2.76. The summed E-state index contributed by atoms with van der Waals surface area (Å²) in [5.74, 6) is 0. The van der Waals surface area contributed by atoms with Gasteiger partial charge in [0.2, 0.25) is 5.16 Å². The van der Waals surface area contributed by atoms with E-state index >= 15 is 0 Å². The van der Waals surface area contributed by atoms with Crippen LogP contribution in [-0.4, -0.2) is 29.9 Å². The fraction of sp³-hybridized carbons (Fsp3) is 0.133. The van der Waals surface area contributed by atoms with Crippen LogP contribution < -0.4 is 4.72 Å². The van der Waals surface area contributed by atoms with Crippen LogP contribution in [0.1, 0.15) is 11.1 Å². The Morgan fingerprint density at radius 2 is 2.09 bits per heavy atom. The van der Waals surface area contributed by atoms with Gasteiger partial charge in [0.25, 0.3) is 10.0 Å². The molecule has 8 heteroatoms. The number of benzene rings is 1. The van der Waals surface area contributed by atoms with E-state index in [1.165, 1.54) is 12.4 Å². The number of hydrogen-bond donors (Lipinski definition) is 2. The highest BCUT2D eigenvalue weighted by Crippen LogP contribution is 2.20. The van der Waals surface area contributed by atoms with Gasteiger partial charge in [0.15, 0.2) is 0 Å². The molecule has 3 rings (SSSR count). The summed E-state index contributed by atoms with van der Waals surface area (Å²) in [7, 11) is -3.64. The number of nitrogens with zero attached hydrogens (tertiary/aromatic N) is 3. The largest absolute Gasteiger partial charge is 0.334 e. The van der Waals surface area contributed by atoms with Crippen molar-refractivity contribution in [3.05, 3.63) is 54.0 Å². The van der Waals surface area contributed by atoms with Crippen molar-refractivity contribution in [1.82, 2.24) is 19.7 Å². The summed E-state index contributed by atoms with van der Waals surface area (Å²) < 4.78 is 26.5. The highest BCUT2D eigenvalue weighted by Gasteiger charge is 2.16. The van der Waals surface area contributed by atoms with Crippen molar-refractivity contribution in [2.45, 2.75) is 11.6 Å². The maximum absolute atomic E-state index is 12.0. The number of aromatic amines is 1. The molecule has 116 valence electrons. The Balaban J connectivity index is 1.80. The molecule has 0 saturated heterocycles. The molecule has 0 saturated carbocycles. The van der Waals surface area contributed by atoms with E-state index < -0.39 is 10.0 Å². The smallest absolute Gasteiger partial charge is 0.274 e. The number of fused-ring (bicyclic) bond motifs is 1. The van der Waals surface area contributed by atoms with Crippen LogP contribution in [0.3, 0.4) is 0 Å². The highest BCUT2D eigenvalue weighted by atomic mass is 32.2. The molecule has 0 radical (unpaired) electrons. The maximum Gasteiger partial charge on any atom is 0.274 e. The second-order valence-corrected chi connectivity index (χ2v) is 6.51. The van der Waals surface area contributed by atoms with Crippen molar-refractivity contribution in [2.75, 3.05) is 6.54 Å².